The summed E-state index contributed by atoms with van der Waals surface area (Å²) in [6.45, 7) is 0. The largest absolute Gasteiger partial charge is 0.343 e. The number of fused-ring (bicyclic) bond motifs is 11. The van der Waals surface area contributed by atoms with Crippen molar-refractivity contribution < 1.29 is 0 Å². The van der Waals surface area contributed by atoms with Crippen LogP contribution in [0.2, 0.25) is 0 Å². The Kier molecular flexibility index (Phi) is 5.58. The predicted molar refractivity (Wildman–Crippen MR) is 203 cm³/mol. The lowest BCUT2D eigenvalue weighted by molar-refractivity contribution is 1.02. The molecule has 0 fully saturated rings. The maximum Gasteiger partial charge on any atom is 0.180 e. The Morgan fingerprint density at radius 3 is 1.66 bits per heavy atom. The van der Waals surface area contributed by atoms with Crippen LogP contribution in [0.15, 0.2) is 170 Å². The van der Waals surface area contributed by atoms with Crippen molar-refractivity contribution in [1.82, 2.24) is 4.57 Å². The minimum Gasteiger partial charge on any atom is -0.343 e. The molecular weight excluding hydrogens is 583 g/mol. The normalized spacial score (nSPS) is 13.4. The number of aryl methyl sites for hydroxylation is 1. The van der Waals surface area contributed by atoms with Crippen LogP contribution in [0.4, 0.5) is 0 Å². The van der Waals surface area contributed by atoms with E-state index in [1.165, 1.54) is 86.4 Å². The third-order valence-corrected chi connectivity index (χ3v) is 15.5. The van der Waals surface area contributed by atoms with E-state index in [1.54, 1.807) is 0 Å². The molecule has 0 aliphatic carbocycles. The highest BCUT2D eigenvalue weighted by Gasteiger charge is 2.48. The van der Waals surface area contributed by atoms with Gasteiger partial charge in [-0.1, -0.05) is 164 Å². The summed E-state index contributed by atoms with van der Waals surface area (Å²) in [6.07, 6.45) is 0. The van der Waals surface area contributed by atoms with Crippen molar-refractivity contribution in [2.75, 3.05) is 0 Å². The Labute approximate surface area is 275 Å². The zero-order valence-electron chi connectivity index (χ0n) is 26.1. The second kappa shape index (κ2) is 9.90. The molecule has 0 spiro atoms. The van der Waals surface area contributed by atoms with Crippen LogP contribution in [-0.4, -0.2) is 12.6 Å². The van der Waals surface area contributed by atoms with Crippen molar-refractivity contribution in [3.63, 3.8) is 0 Å². The Balaban J connectivity index is 1.25. The van der Waals surface area contributed by atoms with Crippen LogP contribution in [-0.2, 0) is 7.05 Å². The van der Waals surface area contributed by atoms with Gasteiger partial charge in [-0.3, -0.25) is 0 Å². The van der Waals surface area contributed by atoms with E-state index in [-0.39, 0.29) is 0 Å². The Morgan fingerprint density at radius 2 is 0.936 bits per heavy atom. The van der Waals surface area contributed by atoms with Crippen LogP contribution in [0.1, 0.15) is 0 Å². The lowest BCUT2D eigenvalue weighted by atomic mass is 9.96. The molecule has 0 amide bonds. The van der Waals surface area contributed by atoms with E-state index in [9.17, 15) is 0 Å². The molecule has 0 bridgehead atoms. The van der Waals surface area contributed by atoms with Crippen LogP contribution in [0, 0.1) is 0 Å². The zero-order valence-corrected chi connectivity index (χ0v) is 27.1. The molecule has 8 aromatic carbocycles. The summed E-state index contributed by atoms with van der Waals surface area (Å²) >= 11 is 0. The van der Waals surface area contributed by atoms with Gasteiger partial charge in [-0.15, -0.1) is 0 Å². The first kappa shape index (κ1) is 26.5. The van der Waals surface area contributed by atoms with Crippen molar-refractivity contribution >= 4 is 72.2 Å². The van der Waals surface area contributed by atoms with E-state index < -0.39 is 8.07 Å². The van der Waals surface area contributed by atoms with Crippen LogP contribution >= 0.6 is 0 Å². The molecule has 0 unspecified atom stereocenters. The van der Waals surface area contributed by atoms with Crippen molar-refractivity contribution in [2.24, 2.45) is 7.05 Å². The molecule has 220 valence electrons. The average molecular weight is 614 g/mol. The summed E-state index contributed by atoms with van der Waals surface area (Å²) < 4.78 is 2.42. The van der Waals surface area contributed by atoms with Gasteiger partial charge in [0.1, 0.15) is 0 Å². The van der Waals surface area contributed by atoms with Crippen LogP contribution in [0.3, 0.4) is 0 Å². The lowest BCUT2D eigenvalue weighted by Crippen LogP contribution is -2.72. The molecular formula is C45H31NSi. The Bertz CT molecular complexity index is 2650. The van der Waals surface area contributed by atoms with Crippen molar-refractivity contribution in [3.05, 3.63) is 170 Å². The highest BCUT2D eigenvalue weighted by Crippen LogP contribution is 2.41. The van der Waals surface area contributed by atoms with Gasteiger partial charge in [0.15, 0.2) is 8.07 Å². The molecule has 0 saturated heterocycles. The van der Waals surface area contributed by atoms with E-state index >= 15 is 0 Å². The van der Waals surface area contributed by atoms with Crippen molar-refractivity contribution in [3.8, 4) is 22.3 Å². The fraction of sp³-hybridized carbons (Fsp3) is 0.0222. The molecule has 1 aliphatic heterocycles. The lowest BCUT2D eigenvalue weighted by Gasteiger charge is -2.31. The fourth-order valence-corrected chi connectivity index (χ4v) is 13.9. The van der Waals surface area contributed by atoms with E-state index in [1.807, 2.05) is 0 Å². The van der Waals surface area contributed by atoms with Gasteiger partial charge >= 0.3 is 0 Å². The van der Waals surface area contributed by atoms with Gasteiger partial charge < -0.3 is 4.57 Å². The minimum absolute atomic E-state index is 1.25. The van der Waals surface area contributed by atoms with Gasteiger partial charge in [-0.2, -0.15) is 0 Å². The standard InChI is InChI=1S/C45H31NSi/c1-46-41-28-30(25-27-40(41)44-38-21-10-8-18-34(38)35-19-9-11-22-39(35)45(44)46)31-24-26-37-36-20-12-13-23-42(36)47(43(37)29-31,32-14-4-2-5-15-32)33-16-6-3-7-17-33/h2-29H,1H3. The van der Waals surface area contributed by atoms with E-state index in [0.717, 1.165) is 0 Å². The molecule has 1 nitrogen and oxygen atoms in total. The van der Waals surface area contributed by atoms with Crippen LogP contribution in [0.5, 0.6) is 0 Å². The molecule has 2 heterocycles. The number of hydrogen-bond acceptors (Lipinski definition) is 0. The number of rotatable bonds is 3. The third kappa shape index (κ3) is 3.54. The molecule has 47 heavy (non-hydrogen) atoms. The summed E-state index contributed by atoms with van der Waals surface area (Å²) in [7, 11) is -0.314. The minimum atomic E-state index is -2.55. The third-order valence-electron chi connectivity index (χ3n) is 10.7. The van der Waals surface area contributed by atoms with E-state index in [0.29, 0.717) is 0 Å². The summed E-state index contributed by atoms with van der Waals surface area (Å²) in [4.78, 5) is 0. The first-order valence-corrected chi connectivity index (χ1v) is 18.4. The SMILES string of the molecule is Cn1c2cc(-c3ccc4c(c3)[Si](c3ccccc3)(c3ccccc3)c3ccccc3-4)ccc2c2c3ccccc3c3ccccc3c21. The summed E-state index contributed by atoms with van der Waals surface area (Å²) in [5.74, 6) is 0. The van der Waals surface area contributed by atoms with Gasteiger partial charge in [0.05, 0.1) is 5.52 Å². The highest BCUT2D eigenvalue weighted by atomic mass is 28.3. The zero-order chi connectivity index (χ0) is 31.1. The van der Waals surface area contributed by atoms with Gasteiger partial charge in [0, 0.05) is 28.7 Å². The van der Waals surface area contributed by atoms with Gasteiger partial charge in [-0.25, -0.2) is 0 Å². The first-order valence-electron chi connectivity index (χ1n) is 16.4. The van der Waals surface area contributed by atoms with Gasteiger partial charge in [0.25, 0.3) is 0 Å². The highest BCUT2D eigenvalue weighted by molar-refractivity contribution is 7.22. The molecule has 0 saturated carbocycles. The molecule has 10 rings (SSSR count). The first-order chi connectivity index (χ1) is 23.2. The van der Waals surface area contributed by atoms with Gasteiger partial charge in [-0.05, 0) is 65.2 Å². The Morgan fingerprint density at radius 1 is 0.404 bits per heavy atom. The molecule has 9 aromatic rings. The smallest absolute Gasteiger partial charge is 0.180 e. The topological polar surface area (TPSA) is 4.93 Å². The number of benzene rings is 8. The molecule has 0 radical (unpaired) electrons. The summed E-state index contributed by atoms with van der Waals surface area (Å²) in [5, 5.41) is 13.7. The monoisotopic (exact) mass is 613 g/mol. The second-order valence-corrected chi connectivity index (χ2v) is 16.6. The number of hydrogen-bond donors (Lipinski definition) is 0. The summed E-state index contributed by atoms with van der Waals surface area (Å²) in [5.41, 5.74) is 7.82. The Hall–Kier alpha value is -5.70. The molecule has 1 aliphatic rings. The van der Waals surface area contributed by atoms with E-state index in [2.05, 4.69) is 181 Å². The quantitative estimate of drug-likeness (QED) is 0.139. The van der Waals surface area contributed by atoms with Crippen LogP contribution in [0.25, 0.3) is 65.6 Å². The maximum atomic E-state index is 2.52. The molecule has 1 aromatic heterocycles. The van der Waals surface area contributed by atoms with Crippen molar-refractivity contribution in [1.29, 1.82) is 0 Å². The molecule has 0 atom stereocenters. The van der Waals surface area contributed by atoms with E-state index in [4.69, 9.17) is 0 Å². The average Bonchev–Trinajstić information content (AvgIpc) is 3.62. The second-order valence-electron chi connectivity index (χ2n) is 12.9. The molecule has 0 N–H and O–H groups in total. The number of aromatic nitrogens is 1. The van der Waals surface area contributed by atoms with Gasteiger partial charge in [0.2, 0.25) is 0 Å². The maximum absolute atomic E-state index is 2.55. The molecule has 2 heteroatoms. The fourth-order valence-electron chi connectivity index (χ4n) is 8.69. The number of nitrogens with zero attached hydrogens (tertiary/aromatic N) is 1. The van der Waals surface area contributed by atoms with Crippen molar-refractivity contribution in [2.45, 2.75) is 0 Å². The summed E-state index contributed by atoms with van der Waals surface area (Å²) in [6, 6.07) is 63.7. The predicted octanol–water partition coefficient (Wildman–Crippen LogP) is 8.66. The van der Waals surface area contributed by atoms with Crippen LogP contribution < -0.4 is 20.7 Å².